The fourth-order valence-corrected chi connectivity index (χ4v) is 2.10. The molecule has 108 valence electrons. The van der Waals surface area contributed by atoms with Gasteiger partial charge in [-0.05, 0) is 26.3 Å². The van der Waals surface area contributed by atoms with Crippen LogP contribution in [0.25, 0.3) is 11.0 Å². The van der Waals surface area contributed by atoms with E-state index >= 15 is 0 Å². The number of fused-ring (bicyclic) bond motifs is 1. The zero-order chi connectivity index (χ0) is 14.9. The maximum absolute atomic E-state index is 12.5. The summed E-state index contributed by atoms with van der Waals surface area (Å²) in [6.45, 7) is 4.09. The van der Waals surface area contributed by atoms with E-state index in [1.165, 1.54) is 0 Å². The Hall–Kier alpha value is -1.95. The Morgan fingerprint density at radius 3 is 2.90 bits per heavy atom. The van der Waals surface area contributed by atoms with Gasteiger partial charge in [0.2, 0.25) is 0 Å². The van der Waals surface area contributed by atoms with Crippen LogP contribution in [-0.2, 0) is 7.05 Å². The number of carbonyl (C=O) groups is 1. The monoisotopic (exact) mass is 276 g/mol. The van der Waals surface area contributed by atoms with Gasteiger partial charge in [0, 0.05) is 26.3 Å². The van der Waals surface area contributed by atoms with Crippen LogP contribution in [0.15, 0.2) is 12.3 Å². The second kappa shape index (κ2) is 5.58. The number of rotatable bonds is 4. The third-order valence-corrected chi connectivity index (χ3v) is 3.29. The van der Waals surface area contributed by atoms with Crippen LogP contribution in [0.3, 0.4) is 0 Å². The number of hydrogen-bond donors (Lipinski definition) is 1. The molecule has 2 aromatic rings. The number of aliphatic hydroxyl groups excluding tert-OH is 1. The number of nitrogens with zero attached hydrogens (tertiary/aromatic N) is 4. The molecule has 20 heavy (non-hydrogen) atoms. The van der Waals surface area contributed by atoms with Crippen LogP contribution in [-0.4, -0.2) is 50.4 Å². The van der Waals surface area contributed by atoms with Crippen LogP contribution >= 0.6 is 0 Å². The first-order chi connectivity index (χ1) is 9.40. The van der Waals surface area contributed by atoms with Gasteiger partial charge >= 0.3 is 0 Å². The van der Waals surface area contributed by atoms with Crippen molar-refractivity contribution in [2.75, 3.05) is 13.6 Å². The third kappa shape index (κ3) is 2.80. The maximum Gasteiger partial charge on any atom is 0.254 e. The van der Waals surface area contributed by atoms with Gasteiger partial charge in [0.15, 0.2) is 5.65 Å². The summed E-state index contributed by atoms with van der Waals surface area (Å²) in [7, 11) is 3.54. The summed E-state index contributed by atoms with van der Waals surface area (Å²) < 4.78 is 1.66. The molecule has 0 saturated heterocycles. The Balaban J connectivity index is 2.34. The Bertz CT molecular complexity index is 633. The average molecular weight is 276 g/mol. The van der Waals surface area contributed by atoms with Crippen LogP contribution in [0.1, 0.15) is 29.4 Å². The Labute approximate surface area is 118 Å². The van der Waals surface area contributed by atoms with Crippen molar-refractivity contribution < 1.29 is 9.90 Å². The fourth-order valence-electron chi connectivity index (χ4n) is 2.10. The lowest BCUT2D eigenvalue weighted by molar-refractivity contribution is 0.0770. The van der Waals surface area contributed by atoms with Crippen LogP contribution in [0.5, 0.6) is 0 Å². The van der Waals surface area contributed by atoms with E-state index in [9.17, 15) is 9.90 Å². The van der Waals surface area contributed by atoms with Gasteiger partial charge in [0.05, 0.1) is 23.3 Å². The lowest BCUT2D eigenvalue weighted by Crippen LogP contribution is -2.29. The second-order valence-corrected chi connectivity index (χ2v) is 5.18. The van der Waals surface area contributed by atoms with E-state index in [1.54, 1.807) is 42.9 Å². The number of carbonyl (C=O) groups excluding carboxylic acids is 1. The standard InChI is InChI=1S/C14H20N4O2/c1-9-7-11(12-8-15-18(4)13(12)16-9)14(20)17(3)6-5-10(2)19/h7-8,10,19H,5-6H2,1-4H3. The van der Waals surface area contributed by atoms with Crippen molar-refractivity contribution in [1.29, 1.82) is 0 Å². The van der Waals surface area contributed by atoms with Crippen molar-refractivity contribution in [2.24, 2.45) is 7.05 Å². The molecule has 1 unspecified atom stereocenters. The smallest absolute Gasteiger partial charge is 0.254 e. The Kier molecular flexibility index (Phi) is 4.04. The molecular weight excluding hydrogens is 256 g/mol. The molecule has 1 atom stereocenters. The molecule has 2 rings (SSSR count). The maximum atomic E-state index is 12.5. The molecule has 0 aliphatic rings. The van der Waals surface area contributed by atoms with E-state index in [4.69, 9.17) is 0 Å². The van der Waals surface area contributed by atoms with Crippen molar-refractivity contribution >= 4 is 16.9 Å². The number of amides is 1. The summed E-state index contributed by atoms with van der Waals surface area (Å²) in [5.41, 5.74) is 2.10. The lowest BCUT2D eigenvalue weighted by atomic mass is 10.1. The average Bonchev–Trinajstić information content (AvgIpc) is 2.76. The first-order valence-corrected chi connectivity index (χ1v) is 6.63. The van der Waals surface area contributed by atoms with Crippen LogP contribution < -0.4 is 0 Å². The molecule has 6 heteroatoms. The fraction of sp³-hybridized carbons (Fsp3) is 0.500. The van der Waals surface area contributed by atoms with Crippen LogP contribution in [0.4, 0.5) is 0 Å². The van der Waals surface area contributed by atoms with E-state index in [1.807, 2.05) is 6.92 Å². The van der Waals surface area contributed by atoms with Crippen LogP contribution in [0, 0.1) is 6.92 Å². The van der Waals surface area contributed by atoms with Gasteiger partial charge in [0.25, 0.3) is 5.91 Å². The number of hydrogen-bond acceptors (Lipinski definition) is 4. The summed E-state index contributed by atoms with van der Waals surface area (Å²) in [6.07, 6.45) is 1.81. The quantitative estimate of drug-likeness (QED) is 0.908. The SMILES string of the molecule is Cc1cc(C(=O)N(C)CCC(C)O)c2cnn(C)c2n1. The predicted octanol–water partition coefficient (Wildman–Crippen LogP) is 1.12. The van der Waals surface area contributed by atoms with E-state index in [-0.39, 0.29) is 5.91 Å². The van der Waals surface area contributed by atoms with E-state index in [0.717, 1.165) is 11.1 Å². The molecule has 0 saturated carbocycles. The number of pyridine rings is 1. The highest BCUT2D eigenvalue weighted by Gasteiger charge is 2.18. The molecule has 2 aromatic heterocycles. The minimum absolute atomic E-state index is 0.0749. The lowest BCUT2D eigenvalue weighted by Gasteiger charge is -2.18. The summed E-state index contributed by atoms with van der Waals surface area (Å²) in [5.74, 6) is -0.0749. The van der Waals surface area contributed by atoms with Gasteiger partial charge in [-0.3, -0.25) is 9.48 Å². The molecule has 1 amide bonds. The number of aryl methyl sites for hydroxylation is 2. The number of aliphatic hydroxyl groups is 1. The molecule has 0 fully saturated rings. The molecule has 0 aliphatic carbocycles. The Morgan fingerprint density at radius 2 is 2.25 bits per heavy atom. The highest BCUT2D eigenvalue weighted by Crippen LogP contribution is 2.19. The molecule has 0 bridgehead atoms. The summed E-state index contributed by atoms with van der Waals surface area (Å²) in [4.78, 5) is 18.5. The first-order valence-electron chi connectivity index (χ1n) is 6.63. The van der Waals surface area contributed by atoms with Gasteiger partial charge in [-0.2, -0.15) is 5.10 Å². The van der Waals surface area contributed by atoms with Crippen LogP contribution in [0.2, 0.25) is 0 Å². The van der Waals surface area contributed by atoms with Crippen molar-refractivity contribution in [1.82, 2.24) is 19.7 Å². The topological polar surface area (TPSA) is 71.2 Å². The molecule has 0 aromatic carbocycles. The molecule has 0 spiro atoms. The third-order valence-electron chi connectivity index (χ3n) is 3.29. The van der Waals surface area contributed by atoms with Crippen molar-refractivity contribution in [3.8, 4) is 0 Å². The summed E-state index contributed by atoms with van der Waals surface area (Å²) >= 11 is 0. The van der Waals surface area contributed by atoms with Gasteiger partial charge in [-0.1, -0.05) is 0 Å². The Morgan fingerprint density at radius 1 is 1.55 bits per heavy atom. The van der Waals surface area contributed by atoms with Gasteiger partial charge in [0.1, 0.15) is 0 Å². The molecule has 0 radical (unpaired) electrons. The summed E-state index contributed by atoms with van der Waals surface area (Å²) in [5, 5.41) is 14.2. The van der Waals surface area contributed by atoms with Gasteiger partial charge in [-0.25, -0.2) is 4.98 Å². The number of aromatic nitrogens is 3. The minimum Gasteiger partial charge on any atom is -0.393 e. The highest BCUT2D eigenvalue weighted by atomic mass is 16.3. The molecule has 0 aliphatic heterocycles. The molecule has 1 N–H and O–H groups in total. The predicted molar refractivity (Wildman–Crippen MR) is 76.5 cm³/mol. The molecule has 2 heterocycles. The zero-order valence-electron chi connectivity index (χ0n) is 12.3. The van der Waals surface area contributed by atoms with E-state index in [0.29, 0.717) is 24.2 Å². The normalized spacial score (nSPS) is 12.7. The first kappa shape index (κ1) is 14.5. The van der Waals surface area contributed by atoms with Crippen molar-refractivity contribution in [2.45, 2.75) is 26.4 Å². The summed E-state index contributed by atoms with van der Waals surface area (Å²) in [6, 6.07) is 1.78. The van der Waals surface area contributed by atoms with Gasteiger partial charge < -0.3 is 10.0 Å². The molecule has 6 nitrogen and oxygen atoms in total. The molecular formula is C14H20N4O2. The highest BCUT2D eigenvalue weighted by molar-refractivity contribution is 6.05. The second-order valence-electron chi connectivity index (χ2n) is 5.18. The van der Waals surface area contributed by atoms with Crippen molar-refractivity contribution in [3.05, 3.63) is 23.5 Å². The zero-order valence-corrected chi connectivity index (χ0v) is 12.3. The largest absolute Gasteiger partial charge is 0.393 e. The van der Waals surface area contributed by atoms with Crippen molar-refractivity contribution in [3.63, 3.8) is 0 Å². The van der Waals surface area contributed by atoms with E-state index in [2.05, 4.69) is 10.1 Å². The minimum atomic E-state index is -0.414. The van der Waals surface area contributed by atoms with Gasteiger partial charge in [-0.15, -0.1) is 0 Å². The van der Waals surface area contributed by atoms with E-state index < -0.39 is 6.10 Å².